The third-order valence-corrected chi connectivity index (χ3v) is 4.06. The quantitative estimate of drug-likeness (QED) is 0.819. The Morgan fingerprint density at radius 1 is 1.14 bits per heavy atom. The molecule has 0 unspecified atom stereocenters. The molecule has 1 aromatic heterocycles. The van der Waals surface area contributed by atoms with Gasteiger partial charge in [-0.2, -0.15) is 0 Å². The lowest BCUT2D eigenvalue weighted by Crippen LogP contribution is -2.36. The average Bonchev–Trinajstić information content (AvgIpc) is 2.94. The number of carbonyl (C=O) groups excluding carboxylic acids is 1. The van der Waals surface area contributed by atoms with Crippen molar-refractivity contribution in [2.45, 2.75) is 13.1 Å². The van der Waals surface area contributed by atoms with Crippen LogP contribution in [-0.4, -0.2) is 36.3 Å². The zero-order chi connectivity index (χ0) is 15.2. The van der Waals surface area contributed by atoms with Crippen molar-refractivity contribution >= 4 is 17.2 Å². The molecule has 0 radical (unpaired) electrons. The van der Waals surface area contributed by atoms with Crippen molar-refractivity contribution in [2.75, 3.05) is 20.6 Å². The van der Waals surface area contributed by atoms with Gasteiger partial charge in [0.2, 0.25) is 5.91 Å². The molecule has 1 heterocycles. The summed E-state index contributed by atoms with van der Waals surface area (Å²) in [4.78, 5) is 16.8. The Hall–Kier alpha value is -1.72. The molecule has 0 atom stereocenters. The summed E-state index contributed by atoms with van der Waals surface area (Å²) in [6, 6.07) is 10.6. The Kier molecular flexibility index (Phi) is 5.47. The molecule has 2 aromatic rings. The molecule has 0 spiro atoms. The van der Waals surface area contributed by atoms with E-state index in [1.165, 1.54) is 6.07 Å². The SMILES string of the molecule is CN(CC(=O)N(C)Cc1cccs1)Cc1ccccc1F. The van der Waals surface area contributed by atoms with Crippen molar-refractivity contribution in [3.05, 3.63) is 58.0 Å². The molecule has 0 bridgehead atoms. The molecule has 5 heteroatoms. The molecule has 1 amide bonds. The summed E-state index contributed by atoms with van der Waals surface area (Å²) in [5.74, 6) is -0.203. The summed E-state index contributed by atoms with van der Waals surface area (Å²) in [5.41, 5.74) is 0.605. The van der Waals surface area contributed by atoms with Crippen molar-refractivity contribution in [2.24, 2.45) is 0 Å². The van der Waals surface area contributed by atoms with Crippen LogP contribution in [0.1, 0.15) is 10.4 Å². The minimum Gasteiger partial charge on any atom is -0.340 e. The lowest BCUT2D eigenvalue weighted by atomic mass is 10.2. The van der Waals surface area contributed by atoms with E-state index >= 15 is 0 Å². The van der Waals surface area contributed by atoms with Crippen LogP contribution in [0.25, 0.3) is 0 Å². The van der Waals surface area contributed by atoms with Crippen molar-refractivity contribution in [3.63, 3.8) is 0 Å². The number of hydrogen-bond acceptors (Lipinski definition) is 3. The second-order valence-corrected chi connectivity index (χ2v) is 6.13. The molecule has 0 fully saturated rings. The molecule has 0 aliphatic heterocycles. The van der Waals surface area contributed by atoms with Gasteiger partial charge < -0.3 is 4.90 Å². The molecule has 0 aliphatic carbocycles. The number of halogens is 1. The Balaban J connectivity index is 1.85. The van der Waals surface area contributed by atoms with E-state index < -0.39 is 0 Å². The minimum atomic E-state index is -0.233. The molecule has 3 nitrogen and oxygen atoms in total. The summed E-state index contributed by atoms with van der Waals surface area (Å²) in [7, 11) is 3.61. The Bertz CT molecular complexity index is 586. The van der Waals surface area contributed by atoms with Crippen LogP contribution >= 0.6 is 11.3 Å². The monoisotopic (exact) mass is 306 g/mol. The van der Waals surface area contributed by atoms with Gasteiger partial charge in [0, 0.05) is 24.0 Å². The first kappa shape index (κ1) is 15.7. The highest BCUT2D eigenvalue weighted by Gasteiger charge is 2.13. The maximum Gasteiger partial charge on any atom is 0.236 e. The molecular weight excluding hydrogens is 287 g/mol. The largest absolute Gasteiger partial charge is 0.340 e. The van der Waals surface area contributed by atoms with Gasteiger partial charge in [-0.3, -0.25) is 9.69 Å². The molecule has 1 aromatic carbocycles. The number of nitrogens with zero attached hydrogens (tertiary/aromatic N) is 2. The minimum absolute atomic E-state index is 0.0299. The summed E-state index contributed by atoms with van der Waals surface area (Å²) in [5, 5.41) is 2.00. The van der Waals surface area contributed by atoms with Gasteiger partial charge >= 0.3 is 0 Å². The fraction of sp³-hybridized carbons (Fsp3) is 0.312. The standard InChI is InChI=1S/C16H19FN2OS/c1-18(10-13-6-3-4-8-15(13)17)12-16(20)19(2)11-14-7-5-9-21-14/h3-9H,10-12H2,1-2H3. The number of benzene rings is 1. The van der Waals surface area contributed by atoms with Crippen LogP contribution in [0.15, 0.2) is 41.8 Å². The van der Waals surface area contributed by atoms with Crippen LogP contribution in [0.4, 0.5) is 4.39 Å². The zero-order valence-corrected chi connectivity index (χ0v) is 13.1. The van der Waals surface area contributed by atoms with Crippen molar-refractivity contribution in [1.29, 1.82) is 0 Å². The Morgan fingerprint density at radius 3 is 2.57 bits per heavy atom. The maximum atomic E-state index is 13.6. The Labute approximate surface area is 128 Å². The zero-order valence-electron chi connectivity index (χ0n) is 12.3. The van der Waals surface area contributed by atoms with Crippen LogP contribution in [0.5, 0.6) is 0 Å². The number of hydrogen-bond donors (Lipinski definition) is 0. The first-order valence-electron chi connectivity index (χ1n) is 6.74. The highest BCUT2D eigenvalue weighted by atomic mass is 32.1. The summed E-state index contributed by atoms with van der Waals surface area (Å²) in [6.45, 7) is 1.31. The van der Waals surface area contributed by atoms with Crippen LogP contribution in [0.3, 0.4) is 0 Å². The van der Waals surface area contributed by atoms with Gasteiger partial charge in [0.1, 0.15) is 5.82 Å². The molecule has 112 valence electrons. The van der Waals surface area contributed by atoms with Crippen LogP contribution in [0.2, 0.25) is 0 Å². The fourth-order valence-electron chi connectivity index (χ4n) is 2.05. The lowest BCUT2D eigenvalue weighted by molar-refractivity contribution is -0.131. The fourth-order valence-corrected chi connectivity index (χ4v) is 2.81. The smallest absolute Gasteiger partial charge is 0.236 e. The van der Waals surface area contributed by atoms with E-state index in [0.29, 0.717) is 18.7 Å². The highest BCUT2D eigenvalue weighted by Crippen LogP contribution is 2.12. The van der Waals surface area contributed by atoms with Gasteiger partial charge in [-0.15, -0.1) is 11.3 Å². The molecular formula is C16H19FN2OS. The normalized spacial score (nSPS) is 10.9. The molecule has 0 N–H and O–H groups in total. The molecule has 2 rings (SSSR count). The van der Waals surface area contributed by atoms with E-state index in [-0.39, 0.29) is 18.3 Å². The first-order valence-corrected chi connectivity index (χ1v) is 7.62. The van der Waals surface area contributed by atoms with Crippen molar-refractivity contribution in [1.82, 2.24) is 9.80 Å². The van der Waals surface area contributed by atoms with Crippen LogP contribution in [-0.2, 0) is 17.9 Å². The summed E-state index contributed by atoms with van der Waals surface area (Å²) in [6.07, 6.45) is 0. The third kappa shape index (κ3) is 4.65. The Morgan fingerprint density at radius 2 is 1.90 bits per heavy atom. The van der Waals surface area contributed by atoms with Gasteiger partial charge in [0.15, 0.2) is 0 Å². The topological polar surface area (TPSA) is 23.6 Å². The third-order valence-electron chi connectivity index (χ3n) is 3.20. The van der Waals surface area contributed by atoms with Crippen molar-refractivity contribution in [3.8, 4) is 0 Å². The van der Waals surface area contributed by atoms with Gasteiger partial charge in [-0.05, 0) is 24.6 Å². The average molecular weight is 306 g/mol. The molecule has 0 saturated carbocycles. The number of carbonyl (C=O) groups is 1. The highest BCUT2D eigenvalue weighted by molar-refractivity contribution is 7.09. The van der Waals surface area contributed by atoms with E-state index in [1.807, 2.05) is 29.5 Å². The molecule has 21 heavy (non-hydrogen) atoms. The van der Waals surface area contributed by atoms with E-state index in [9.17, 15) is 9.18 Å². The van der Waals surface area contributed by atoms with Crippen molar-refractivity contribution < 1.29 is 9.18 Å². The van der Waals surface area contributed by atoms with E-state index in [0.717, 1.165) is 4.88 Å². The second kappa shape index (κ2) is 7.33. The lowest BCUT2D eigenvalue weighted by Gasteiger charge is -2.21. The number of likely N-dealkylation sites (N-methyl/N-ethyl adjacent to an activating group) is 2. The number of rotatable bonds is 6. The van der Waals surface area contributed by atoms with Gasteiger partial charge in [-0.25, -0.2) is 4.39 Å². The number of amides is 1. The van der Waals surface area contributed by atoms with E-state index in [4.69, 9.17) is 0 Å². The molecule has 0 saturated heterocycles. The summed E-state index contributed by atoms with van der Waals surface area (Å²) >= 11 is 1.64. The van der Waals surface area contributed by atoms with Gasteiger partial charge in [-0.1, -0.05) is 24.3 Å². The first-order chi connectivity index (χ1) is 10.1. The summed E-state index contributed by atoms with van der Waals surface area (Å²) < 4.78 is 13.6. The maximum absolute atomic E-state index is 13.6. The van der Waals surface area contributed by atoms with Gasteiger partial charge in [0.25, 0.3) is 0 Å². The number of thiophene rings is 1. The molecule has 0 aliphatic rings. The second-order valence-electron chi connectivity index (χ2n) is 5.09. The van der Waals surface area contributed by atoms with E-state index in [2.05, 4.69) is 0 Å². The predicted octanol–water partition coefficient (Wildman–Crippen LogP) is 2.98. The van der Waals surface area contributed by atoms with Crippen LogP contribution < -0.4 is 0 Å². The van der Waals surface area contributed by atoms with E-state index in [1.54, 1.807) is 41.5 Å². The van der Waals surface area contributed by atoms with Crippen LogP contribution in [0, 0.1) is 5.82 Å². The predicted molar refractivity (Wildman–Crippen MR) is 83.5 cm³/mol. The van der Waals surface area contributed by atoms with Gasteiger partial charge in [0.05, 0.1) is 13.1 Å².